The number of nitrogens with two attached hydrogens (primary N) is 1. The van der Waals surface area contributed by atoms with Gasteiger partial charge in [-0.15, -0.1) is 0 Å². The zero-order chi connectivity index (χ0) is 13.8. The molecule has 1 aliphatic rings. The van der Waals surface area contributed by atoms with Crippen LogP contribution in [0.3, 0.4) is 0 Å². The van der Waals surface area contributed by atoms with Crippen molar-refractivity contribution >= 4 is 5.97 Å². The zero-order valence-corrected chi connectivity index (χ0v) is 11.3. The van der Waals surface area contributed by atoms with Gasteiger partial charge < -0.3 is 15.6 Å². The summed E-state index contributed by atoms with van der Waals surface area (Å²) in [6.07, 6.45) is 3.39. The number of ether oxygens (including phenoxy) is 1. The van der Waals surface area contributed by atoms with E-state index in [1.54, 1.807) is 0 Å². The molecule has 4 nitrogen and oxygen atoms in total. The van der Waals surface area contributed by atoms with Gasteiger partial charge in [0.1, 0.15) is 5.75 Å². The number of hydrogen-bond acceptors (Lipinski definition) is 3. The Balaban J connectivity index is 2.15. The molecule has 1 aromatic carbocycles. The van der Waals surface area contributed by atoms with Crippen molar-refractivity contribution in [3.8, 4) is 5.75 Å². The van der Waals surface area contributed by atoms with E-state index in [0.717, 1.165) is 30.6 Å². The number of aryl methyl sites for hydroxylation is 1. The molecule has 0 amide bonds. The lowest BCUT2D eigenvalue weighted by Crippen LogP contribution is -2.18. The molecule has 1 unspecified atom stereocenters. The van der Waals surface area contributed by atoms with Crippen molar-refractivity contribution in [3.63, 3.8) is 0 Å². The molecule has 0 aromatic heterocycles. The quantitative estimate of drug-likeness (QED) is 0.822. The third kappa shape index (κ3) is 3.47. The van der Waals surface area contributed by atoms with Crippen LogP contribution in [0.2, 0.25) is 0 Å². The Morgan fingerprint density at radius 1 is 1.42 bits per heavy atom. The summed E-state index contributed by atoms with van der Waals surface area (Å²) < 4.78 is 5.67. The number of carboxylic acids is 1. The molecule has 1 aliphatic carbocycles. The smallest absolute Gasteiger partial charge is 0.303 e. The van der Waals surface area contributed by atoms with Gasteiger partial charge in [0, 0.05) is 12.5 Å². The first-order valence-corrected chi connectivity index (χ1v) is 6.85. The van der Waals surface area contributed by atoms with Crippen molar-refractivity contribution in [2.75, 3.05) is 6.61 Å². The second-order valence-electron chi connectivity index (χ2n) is 5.08. The Labute approximate surface area is 113 Å². The number of fused-ring (bicyclic) bond motifs is 1. The average molecular weight is 263 g/mol. The molecule has 0 spiro atoms. The zero-order valence-electron chi connectivity index (χ0n) is 11.3. The van der Waals surface area contributed by atoms with E-state index in [1.807, 2.05) is 6.92 Å². The van der Waals surface area contributed by atoms with Gasteiger partial charge in [-0.2, -0.15) is 0 Å². The largest absolute Gasteiger partial charge is 0.494 e. The fourth-order valence-electron chi connectivity index (χ4n) is 2.65. The molecule has 0 saturated carbocycles. The van der Waals surface area contributed by atoms with E-state index in [1.165, 1.54) is 11.1 Å². The molecule has 1 atom stereocenters. The molecule has 104 valence electrons. The Bertz CT molecular complexity index is 471. The van der Waals surface area contributed by atoms with Gasteiger partial charge in [-0.1, -0.05) is 6.07 Å². The van der Waals surface area contributed by atoms with Crippen LogP contribution in [0.4, 0.5) is 0 Å². The number of hydrogen-bond donors (Lipinski definition) is 2. The molecule has 4 heteroatoms. The number of aliphatic carboxylic acids is 1. The Kier molecular flexibility index (Phi) is 4.43. The van der Waals surface area contributed by atoms with Gasteiger partial charge in [-0.25, -0.2) is 0 Å². The van der Waals surface area contributed by atoms with Crippen LogP contribution in [0, 0.1) is 0 Å². The van der Waals surface area contributed by atoms with Crippen molar-refractivity contribution in [2.24, 2.45) is 5.73 Å². The first-order valence-electron chi connectivity index (χ1n) is 6.85. The van der Waals surface area contributed by atoms with Crippen molar-refractivity contribution in [1.29, 1.82) is 0 Å². The SMILES string of the molecule is CCOc1cc2c(cc1CCCC(=O)O)CC(N)C2. The summed E-state index contributed by atoms with van der Waals surface area (Å²) in [5.74, 6) is 0.141. The minimum absolute atomic E-state index is 0.197. The molecular weight excluding hydrogens is 242 g/mol. The van der Waals surface area contributed by atoms with E-state index in [4.69, 9.17) is 15.6 Å². The van der Waals surface area contributed by atoms with E-state index in [-0.39, 0.29) is 12.5 Å². The van der Waals surface area contributed by atoms with Crippen molar-refractivity contribution in [1.82, 2.24) is 0 Å². The number of carbonyl (C=O) groups is 1. The van der Waals surface area contributed by atoms with Crippen LogP contribution in [0.25, 0.3) is 0 Å². The molecule has 0 fully saturated rings. The van der Waals surface area contributed by atoms with Crippen LogP contribution in [0.1, 0.15) is 36.5 Å². The summed E-state index contributed by atoms with van der Waals surface area (Å²) >= 11 is 0. The third-order valence-electron chi connectivity index (χ3n) is 3.48. The van der Waals surface area contributed by atoms with Crippen LogP contribution in [0.5, 0.6) is 5.75 Å². The topological polar surface area (TPSA) is 72.5 Å². The molecule has 0 aliphatic heterocycles. The Morgan fingerprint density at radius 2 is 2.11 bits per heavy atom. The summed E-state index contributed by atoms with van der Waals surface area (Å²) in [6.45, 7) is 2.58. The summed E-state index contributed by atoms with van der Waals surface area (Å²) in [5, 5.41) is 8.71. The first kappa shape index (κ1) is 13.9. The minimum Gasteiger partial charge on any atom is -0.494 e. The number of benzene rings is 1. The summed E-state index contributed by atoms with van der Waals surface area (Å²) in [4.78, 5) is 10.6. The van der Waals surface area contributed by atoms with Gasteiger partial charge in [-0.3, -0.25) is 4.79 Å². The highest BCUT2D eigenvalue weighted by Gasteiger charge is 2.20. The molecule has 1 aromatic rings. The van der Waals surface area contributed by atoms with Crippen molar-refractivity contribution in [2.45, 2.75) is 45.1 Å². The predicted molar refractivity (Wildman–Crippen MR) is 73.6 cm³/mol. The lowest BCUT2D eigenvalue weighted by atomic mass is 10.0. The highest BCUT2D eigenvalue weighted by Crippen LogP contribution is 2.30. The third-order valence-corrected chi connectivity index (χ3v) is 3.48. The van der Waals surface area contributed by atoms with Gasteiger partial charge >= 0.3 is 5.97 Å². The van der Waals surface area contributed by atoms with Crippen LogP contribution in [0.15, 0.2) is 12.1 Å². The summed E-state index contributed by atoms with van der Waals surface area (Å²) in [6, 6.07) is 4.44. The predicted octanol–water partition coefficient (Wildman–Crippen LogP) is 1.92. The van der Waals surface area contributed by atoms with Crippen LogP contribution in [-0.2, 0) is 24.1 Å². The second kappa shape index (κ2) is 6.06. The molecule has 0 radical (unpaired) electrons. The van der Waals surface area contributed by atoms with E-state index < -0.39 is 5.97 Å². The fraction of sp³-hybridized carbons (Fsp3) is 0.533. The average Bonchev–Trinajstić information content (AvgIpc) is 2.68. The molecule has 0 heterocycles. The molecule has 0 saturated heterocycles. The van der Waals surface area contributed by atoms with Crippen LogP contribution >= 0.6 is 0 Å². The lowest BCUT2D eigenvalue weighted by molar-refractivity contribution is -0.137. The van der Waals surface area contributed by atoms with Crippen LogP contribution < -0.4 is 10.5 Å². The van der Waals surface area contributed by atoms with E-state index >= 15 is 0 Å². The maximum atomic E-state index is 10.6. The summed E-state index contributed by atoms with van der Waals surface area (Å²) in [7, 11) is 0. The lowest BCUT2D eigenvalue weighted by Gasteiger charge is -2.12. The molecule has 0 bridgehead atoms. The number of rotatable bonds is 6. The standard InChI is InChI=1S/C15H21NO3/c1-2-19-14-9-12-8-13(16)7-11(12)6-10(14)4-3-5-15(17)18/h6,9,13H,2-5,7-8,16H2,1H3,(H,17,18). The fourth-order valence-corrected chi connectivity index (χ4v) is 2.65. The van der Waals surface area contributed by atoms with Crippen molar-refractivity contribution in [3.05, 3.63) is 28.8 Å². The highest BCUT2D eigenvalue weighted by atomic mass is 16.5. The minimum atomic E-state index is -0.749. The van der Waals surface area contributed by atoms with Gasteiger partial charge in [0.05, 0.1) is 6.61 Å². The Morgan fingerprint density at radius 3 is 2.74 bits per heavy atom. The van der Waals surface area contributed by atoms with Crippen molar-refractivity contribution < 1.29 is 14.6 Å². The molecule has 3 N–H and O–H groups in total. The van der Waals surface area contributed by atoms with Gasteiger partial charge in [0.25, 0.3) is 0 Å². The molecular formula is C15H21NO3. The van der Waals surface area contributed by atoms with Crippen LogP contribution in [-0.4, -0.2) is 23.7 Å². The normalized spacial score (nSPS) is 17.3. The molecule has 19 heavy (non-hydrogen) atoms. The monoisotopic (exact) mass is 263 g/mol. The molecule has 2 rings (SSSR count). The van der Waals surface area contributed by atoms with Gasteiger partial charge in [0.15, 0.2) is 0 Å². The van der Waals surface area contributed by atoms with E-state index in [0.29, 0.717) is 13.0 Å². The highest BCUT2D eigenvalue weighted by molar-refractivity contribution is 5.66. The van der Waals surface area contributed by atoms with E-state index in [9.17, 15) is 4.79 Å². The van der Waals surface area contributed by atoms with E-state index in [2.05, 4.69) is 12.1 Å². The Hall–Kier alpha value is -1.55. The second-order valence-corrected chi connectivity index (χ2v) is 5.08. The summed E-state index contributed by atoms with van der Waals surface area (Å²) in [5.41, 5.74) is 9.66. The number of carboxylic acid groups (broad SMARTS) is 1. The van der Waals surface area contributed by atoms with Gasteiger partial charge in [0.2, 0.25) is 0 Å². The maximum Gasteiger partial charge on any atom is 0.303 e. The first-order chi connectivity index (χ1) is 9.10. The van der Waals surface area contributed by atoms with Gasteiger partial charge in [-0.05, 0) is 55.4 Å². The maximum absolute atomic E-state index is 10.6.